The number of nitrogens with one attached hydrogen (secondary N) is 2. The van der Waals surface area contributed by atoms with Crippen molar-refractivity contribution in [1.29, 1.82) is 0 Å². The summed E-state index contributed by atoms with van der Waals surface area (Å²) in [5.74, 6) is -4.84. The molecule has 0 aliphatic carbocycles. The third-order valence-corrected chi connectivity index (χ3v) is 6.38. The first-order chi connectivity index (χ1) is 16.9. The third kappa shape index (κ3) is 7.67. The zero-order valence-electron chi connectivity index (χ0n) is 20.3. The van der Waals surface area contributed by atoms with Gasteiger partial charge in [0.15, 0.2) is 0 Å². The van der Waals surface area contributed by atoms with Gasteiger partial charge in [-0.2, -0.15) is 0 Å². The third-order valence-electron chi connectivity index (χ3n) is 6.38. The van der Waals surface area contributed by atoms with Gasteiger partial charge in [0.25, 0.3) is 0 Å². The Balaban J connectivity index is 2.25. The van der Waals surface area contributed by atoms with Crippen molar-refractivity contribution in [1.82, 2.24) is 15.5 Å². The molecule has 1 aliphatic rings. The maximum atomic E-state index is 13.6. The normalized spacial score (nSPS) is 18.5. The van der Waals surface area contributed by atoms with Gasteiger partial charge in [-0.25, -0.2) is 4.79 Å². The molecule has 5 atom stereocenters. The van der Waals surface area contributed by atoms with Gasteiger partial charge in [-0.05, 0) is 36.5 Å². The van der Waals surface area contributed by atoms with Crippen LogP contribution in [0.5, 0.6) is 5.75 Å². The van der Waals surface area contributed by atoms with E-state index in [-0.39, 0.29) is 31.1 Å². The highest BCUT2D eigenvalue weighted by Crippen LogP contribution is 2.21. The summed E-state index contributed by atoms with van der Waals surface area (Å²) in [6, 6.07) is 1.52. The largest absolute Gasteiger partial charge is 0.508 e. The van der Waals surface area contributed by atoms with E-state index < -0.39 is 60.2 Å². The summed E-state index contributed by atoms with van der Waals surface area (Å²) >= 11 is 0. The lowest BCUT2D eigenvalue weighted by molar-refractivity contribution is -0.148. The lowest BCUT2D eigenvalue weighted by atomic mass is 9.98. The van der Waals surface area contributed by atoms with E-state index in [1.165, 1.54) is 17.0 Å². The lowest BCUT2D eigenvalue weighted by Crippen LogP contribution is -2.58. The number of carboxylic acid groups (broad SMARTS) is 2. The van der Waals surface area contributed by atoms with Crippen LogP contribution in [0.1, 0.15) is 45.1 Å². The van der Waals surface area contributed by atoms with Crippen LogP contribution < -0.4 is 16.4 Å². The van der Waals surface area contributed by atoms with E-state index in [2.05, 4.69) is 10.6 Å². The van der Waals surface area contributed by atoms with Gasteiger partial charge < -0.3 is 36.6 Å². The van der Waals surface area contributed by atoms with Crippen LogP contribution in [-0.4, -0.2) is 80.6 Å². The van der Waals surface area contributed by atoms with Gasteiger partial charge in [-0.15, -0.1) is 0 Å². The van der Waals surface area contributed by atoms with Crippen molar-refractivity contribution >= 4 is 29.7 Å². The molecule has 2 rings (SSSR count). The summed E-state index contributed by atoms with van der Waals surface area (Å²) in [5.41, 5.74) is 6.70. The van der Waals surface area contributed by atoms with Crippen molar-refractivity contribution in [2.45, 2.75) is 70.1 Å². The zero-order valence-corrected chi connectivity index (χ0v) is 20.3. The van der Waals surface area contributed by atoms with Gasteiger partial charge in [0.1, 0.15) is 23.9 Å². The molecule has 0 unspecified atom stereocenters. The monoisotopic (exact) mass is 506 g/mol. The lowest BCUT2D eigenvalue weighted by Gasteiger charge is -2.30. The van der Waals surface area contributed by atoms with Gasteiger partial charge in [0.05, 0.1) is 12.5 Å². The number of likely N-dealkylation sites (tertiary alicyclic amines) is 1. The number of aliphatic carboxylic acids is 2. The molecule has 1 aliphatic heterocycles. The predicted octanol–water partition coefficient (Wildman–Crippen LogP) is -0.172. The van der Waals surface area contributed by atoms with Crippen LogP contribution >= 0.6 is 0 Å². The van der Waals surface area contributed by atoms with Crippen LogP contribution in [0.15, 0.2) is 24.3 Å². The minimum atomic E-state index is -1.64. The van der Waals surface area contributed by atoms with Gasteiger partial charge in [-0.1, -0.05) is 32.4 Å². The summed E-state index contributed by atoms with van der Waals surface area (Å²) in [6.07, 6.45) is 0.630. The molecule has 0 bridgehead atoms. The van der Waals surface area contributed by atoms with Crippen LogP contribution in [0.3, 0.4) is 0 Å². The van der Waals surface area contributed by atoms with E-state index in [0.29, 0.717) is 18.4 Å². The van der Waals surface area contributed by atoms with Crippen LogP contribution in [-0.2, 0) is 30.4 Å². The molecule has 12 heteroatoms. The van der Waals surface area contributed by atoms with Gasteiger partial charge in [0.2, 0.25) is 17.7 Å². The minimum Gasteiger partial charge on any atom is -0.508 e. The second-order valence-corrected chi connectivity index (χ2v) is 9.03. The number of amides is 3. The van der Waals surface area contributed by atoms with E-state index in [4.69, 9.17) is 10.8 Å². The zero-order chi connectivity index (χ0) is 27.0. The molecule has 198 valence electrons. The Hall–Kier alpha value is -3.67. The fraction of sp³-hybridized carbons (Fsp3) is 0.542. The number of carbonyl (C=O) groups is 5. The number of carbonyl (C=O) groups excluding carboxylic acids is 3. The first-order valence-corrected chi connectivity index (χ1v) is 11.8. The number of nitrogens with two attached hydrogens (primary N) is 1. The Morgan fingerprint density at radius 1 is 1.08 bits per heavy atom. The number of hydrogen-bond acceptors (Lipinski definition) is 7. The summed E-state index contributed by atoms with van der Waals surface area (Å²) in [6.45, 7) is 3.91. The van der Waals surface area contributed by atoms with Crippen LogP contribution in [0, 0.1) is 5.92 Å². The number of benzene rings is 1. The number of aromatic hydroxyl groups is 1. The van der Waals surface area contributed by atoms with Gasteiger partial charge >= 0.3 is 11.9 Å². The van der Waals surface area contributed by atoms with E-state index in [0.717, 1.165) is 0 Å². The minimum absolute atomic E-state index is 0.0371. The van der Waals surface area contributed by atoms with Crippen molar-refractivity contribution in [3.05, 3.63) is 29.8 Å². The topological polar surface area (TPSA) is 199 Å². The molecule has 1 aromatic rings. The number of nitrogens with zero attached hydrogens (tertiary/aromatic N) is 1. The van der Waals surface area contributed by atoms with Crippen molar-refractivity contribution in [2.75, 3.05) is 6.54 Å². The second kappa shape index (κ2) is 12.9. The van der Waals surface area contributed by atoms with Gasteiger partial charge in [-0.3, -0.25) is 19.2 Å². The highest BCUT2D eigenvalue weighted by atomic mass is 16.4. The summed E-state index contributed by atoms with van der Waals surface area (Å²) < 4.78 is 0. The molecular formula is C24H34N4O8. The maximum absolute atomic E-state index is 13.6. The molecule has 1 heterocycles. The molecule has 1 aromatic carbocycles. The first kappa shape index (κ1) is 28.6. The predicted molar refractivity (Wildman–Crippen MR) is 128 cm³/mol. The first-order valence-electron chi connectivity index (χ1n) is 11.8. The van der Waals surface area contributed by atoms with Crippen LogP contribution in [0.2, 0.25) is 0 Å². The Kier molecular flexibility index (Phi) is 10.2. The smallest absolute Gasteiger partial charge is 0.326 e. The fourth-order valence-electron chi connectivity index (χ4n) is 3.99. The second-order valence-electron chi connectivity index (χ2n) is 9.03. The molecule has 0 saturated carbocycles. The molecular weight excluding hydrogens is 472 g/mol. The highest BCUT2D eigenvalue weighted by molar-refractivity contribution is 5.95. The molecule has 0 spiro atoms. The Morgan fingerprint density at radius 2 is 1.72 bits per heavy atom. The number of phenols is 1. The number of carboxylic acids is 2. The average Bonchev–Trinajstić information content (AvgIpc) is 3.32. The van der Waals surface area contributed by atoms with Crippen molar-refractivity contribution < 1.29 is 39.3 Å². The highest BCUT2D eigenvalue weighted by Gasteiger charge is 2.39. The Morgan fingerprint density at radius 3 is 2.28 bits per heavy atom. The number of phenolic OH excluding ortho intramolecular Hbond substituents is 1. The Labute approximate surface area is 208 Å². The molecule has 1 fully saturated rings. The SMILES string of the molecule is CC[C@H](C)[C@H](N)C(=O)N[C@@H](Cc1ccc(O)cc1)C(=O)N1CCC[C@H]1C(=O)N[C@@H](CC(=O)O)C(=O)O. The number of hydrogen-bond donors (Lipinski definition) is 6. The molecule has 0 aromatic heterocycles. The van der Waals surface area contributed by atoms with Crippen LogP contribution in [0.4, 0.5) is 0 Å². The van der Waals surface area contributed by atoms with Crippen molar-refractivity contribution in [3.63, 3.8) is 0 Å². The maximum Gasteiger partial charge on any atom is 0.326 e. The summed E-state index contributed by atoms with van der Waals surface area (Å²) in [7, 11) is 0. The van der Waals surface area contributed by atoms with E-state index in [1.807, 2.05) is 13.8 Å². The molecule has 7 N–H and O–H groups in total. The molecule has 12 nitrogen and oxygen atoms in total. The van der Waals surface area contributed by atoms with E-state index in [1.54, 1.807) is 12.1 Å². The quantitative estimate of drug-likeness (QED) is 0.223. The summed E-state index contributed by atoms with van der Waals surface area (Å²) in [4.78, 5) is 62.8. The summed E-state index contributed by atoms with van der Waals surface area (Å²) in [5, 5.41) is 32.6. The van der Waals surface area contributed by atoms with Crippen molar-refractivity contribution in [2.24, 2.45) is 11.7 Å². The Bertz CT molecular complexity index is 967. The van der Waals surface area contributed by atoms with E-state index in [9.17, 15) is 34.2 Å². The molecule has 3 amide bonds. The van der Waals surface area contributed by atoms with Crippen molar-refractivity contribution in [3.8, 4) is 5.75 Å². The molecule has 1 saturated heterocycles. The molecule has 36 heavy (non-hydrogen) atoms. The average molecular weight is 507 g/mol. The van der Waals surface area contributed by atoms with Gasteiger partial charge in [0, 0.05) is 13.0 Å². The fourth-order valence-corrected chi connectivity index (χ4v) is 3.99. The molecule has 0 radical (unpaired) electrons. The van der Waals surface area contributed by atoms with Crippen LogP contribution in [0.25, 0.3) is 0 Å². The van der Waals surface area contributed by atoms with E-state index >= 15 is 0 Å². The standard InChI is InChI=1S/C24H34N4O8/c1-3-13(2)20(25)22(33)26-16(11-14-6-8-15(29)9-7-14)23(34)28-10-4-5-18(28)21(32)27-17(24(35)36)12-19(30)31/h6-9,13,16-18,20,29H,3-5,10-12,25H2,1-2H3,(H,26,33)(H,27,32)(H,30,31)(H,35,36)/t13-,16-,17-,18-,20-/m0/s1. The number of rotatable bonds is 12.